The second kappa shape index (κ2) is 14.6. The molecule has 0 aliphatic heterocycles. The van der Waals surface area contributed by atoms with Crippen molar-refractivity contribution in [2.24, 2.45) is 5.92 Å². The van der Waals surface area contributed by atoms with Crippen molar-refractivity contribution in [2.75, 3.05) is 23.7 Å². The van der Waals surface area contributed by atoms with Crippen LogP contribution in [0.25, 0.3) is 0 Å². The molecule has 0 bridgehead atoms. The van der Waals surface area contributed by atoms with Crippen molar-refractivity contribution in [1.29, 1.82) is 0 Å². The first-order valence-electron chi connectivity index (χ1n) is 12.7. The predicted molar refractivity (Wildman–Crippen MR) is 167 cm³/mol. The van der Waals surface area contributed by atoms with Crippen molar-refractivity contribution < 1.29 is 18.0 Å². The summed E-state index contributed by atoms with van der Waals surface area (Å²) in [6.45, 7) is 3.70. The quantitative estimate of drug-likeness (QED) is 0.241. The van der Waals surface area contributed by atoms with Gasteiger partial charge in [-0.3, -0.25) is 13.9 Å². The lowest BCUT2D eigenvalue weighted by molar-refractivity contribution is -0.140. The number of halogens is 4. The highest BCUT2D eigenvalue weighted by atomic mass is 35.5. The van der Waals surface area contributed by atoms with Gasteiger partial charge in [0, 0.05) is 29.6 Å². The molecule has 3 aromatic rings. The van der Waals surface area contributed by atoms with Gasteiger partial charge in [-0.2, -0.15) is 0 Å². The van der Waals surface area contributed by atoms with E-state index in [0.29, 0.717) is 17.1 Å². The lowest BCUT2D eigenvalue weighted by Crippen LogP contribution is -2.53. The molecular weight excluding hydrogens is 628 g/mol. The van der Waals surface area contributed by atoms with E-state index in [0.717, 1.165) is 16.1 Å². The van der Waals surface area contributed by atoms with Crippen molar-refractivity contribution in [2.45, 2.75) is 32.9 Å². The van der Waals surface area contributed by atoms with Gasteiger partial charge in [-0.1, -0.05) is 96.6 Å². The molecule has 2 amide bonds. The first-order chi connectivity index (χ1) is 19.2. The van der Waals surface area contributed by atoms with Gasteiger partial charge in [-0.05, 0) is 47.4 Å². The van der Waals surface area contributed by atoms with Crippen molar-refractivity contribution in [3.8, 4) is 0 Å². The Morgan fingerprint density at radius 3 is 2.05 bits per heavy atom. The smallest absolute Gasteiger partial charge is 0.244 e. The van der Waals surface area contributed by atoms with E-state index < -0.39 is 28.5 Å². The average Bonchev–Trinajstić information content (AvgIpc) is 2.89. The molecule has 0 spiro atoms. The largest absolute Gasteiger partial charge is 0.354 e. The average molecular weight is 659 g/mol. The van der Waals surface area contributed by atoms with Crippen LogP contribution in [-0.4, -0.2) is 50.5 Å². The van der Waals surface area contributed by atoms with E-state index in [1.807, 2.05) is 44.2 Å². The number of hydrogen-bond donors (Lipinski definition) is 1. The summed E-state index contributed by atoms with van der Waals surface area (Å²) in [6.07, 6.45) is 1.18. The Bertz CT molecular complexity index is 1470. The second-order valence-electron chi connectivity index (χ2n) is 10.0. The molecule has 41 heavy (non-hydrogen) atoms. The number of amides is 2. The number of hydrogen-bond acceptors (Lipinski definition) is 4. The molecule has 12 heteroatoms. The van der Waals surface area contributed by atoms with E-state index in [1.54, 1.807) is 18.2 Å². The van der Waals surface area contributed by atoms with Crippen molar-refractivity contribution >= 4 is 73.9 Å². The highest BCUT2D eigenvalue weighted by Gasteiger charge is 2.33. The van der Waals surface area contributed by atoms with Crippen LogP contribution in [0.15, 0.2) is 66.7 Å². The number of anilines is 1. The molecule has 1 atom stereocenters. The van der Waals surface area contributed by atoms with Gasteiger partial charge >= 0.3 is 0 Å². The lowest BCUT2D eigenvalue weighted by atomic mass is 10.0. The minimum absolute atomic E-state index is 0.0315. The molecule has 220 valence electrons. The lowest BCUT2D eigenvalue weighted by Gasteiger charge is -2.33. The number of benzene rings is 3. The fraction of sp³-hybridized carbons (Fsp3) is 0.310. The van der Waals surface area contributed by atoms with Crippen LogP contribution in [-0.2, 0) is 32.6 Å². The fourth-order valence-corrected chi connectivity index (χ4v) is 5.78. The Kier molecular flexibility index (Phi) is 11.8. The number of rotatable bonds is 12. The van der Waals surface area contributed by atoms with Crippen LogP contribution in [0.5, 0.6) is 0 Å². The summed E-state index contributed by atoms with van der Waals surface area (Å²) in [5.74, 6) is -0.810. The van der Waals surface area contributed by atoms with Gasteiger partial charge in [0.15, 0.2) is 0 Å². The summed E-state index contributed by atoms with van der Waals surface area (Å²) in [5.41, 5.74) is 1.56. The summed E-state index contributed by atoms with van der Waals surface area (Å²) in [7, 11) is -3.96. The maximum Gasteiger partial charge on any atom is 0.244 e. The van der Waals surface area contributed by atoms with Crippen molar-refractivity contribution in [3.05, 3.63) is 97.9 Å². The second-order valence-corrected chi connectivity index (χ2v) is 13.6. The molecule has 1 unspecified atom stereocenters. The zero-order valence-electron chi connectivity index (χ0n) is 22.8. The molecule has 0 radical (unpaired) electrons. The van der Waals surface area contributed by atoms with Crippen LogP contribution in [0.3, 0.4) is 0 Å². The highest BCUT2D eigenvalue weighted by Crippen LogP contribution is 2.28. The Hall–Kier alpha value is -2.49. The molecule has 7 nitrogen and oxygen atoms in total. The standard InChI is InChI=1S/C29H31Cl4N3O4S/c1-19(2)16-34-29(38)27(12-20-7-5-4-6-8-20)35(17-21-9-10-25(32)26(33)11-21)28(37)18-36(41(3,39)40)24-14-22(30)13-23(31)15-24/h4-11,13-15,19,27H,12,16-18H2,1-3H3,(H,34,38). The molecule has 3 aromatic carbocycles. The first kappa shape index (κ1) is 33.0. The Balaban J connectivity index is 2.08. The fourth-order valence-electron chi connectivity index (χ4n) is 4.11. The zero-order valence-corrected chi connectivity index (χ0v) is 26.6. The van der Waals surface area contributed by atoms with Crippen molar-refractivity contribution in [1.82, 2.24) is 10.2 Å². The Labute approximate surface area is 261 Å². The van der Waals surface area contributed by atoms with E-state index in [1.165, 1.54) is 23.1 Å². The van der Waals surface area contributed by atoms with E-state index in [-0.39, 0.29) is 45.5 Å². The molecule has 3 rings (SSSR count). The Morgan fingerprint density at radius 1 is 0.854 bits per heavy atom. The summed E-state index contributed by atoms with van der Waals surface area (Å²) >= 11 is 24.7. The minimum atomic E-state index is -3.96. The summed E-state index contributed by atoms with van der Waals surface area (Å²) < 4.78 is 26.7. The van der Waals surface area contributed by atoms with Gasteiger partial charge in [-0.25, -0.2) is 8.42 Å². The normalized spacial score (nSPS) is 12.2. The zero-order chi connectivity index (χ0) is 30.3. The van der Waals surface area contributed by atoms with Crippen LogP contribution in [0.4, 0.5) is 5.69 Å². The van der Waals surface area contributed by atoms with Gasteiger partial charge in [0.1, 0.15) is 12.6 Å². The van der Waals surface area contributed by atoms with Crippen LogP contribution in [0.1, 0.15) is 25.0 Å². The molecule has 0 saturated heterocycles. The maximum absolute atomic E-state index is 14.1. The van der Waals surface area contributed by atoms with E-state index in [9.17, 15) is 18.0 Å². The van der Waals surface area contributed by atoms with Crippen LogP contribution >= 0.6 is 46.4 Å². The number of carbonyl (C=O) groups is 2. The summed E-state index contributed by atoms with van der Waals surface area (Å²) in [4.78, 5) is 29.1. The van der Waals surface area contributed by atoms with Gasteiger partial charge in [0.2, 0.25) is 21.8 Å². The molecular formula is C29H31Cl4N3O4S. The molecule has 0 fully saturated rings. The molecule has 0 aromatic heterocycles. The predicted octanol–water partition coefficient (Wildman–Crippen LogP) is 6.48. The molecule has 0 aliphatic carbocycles. The SMILES string of the molecule is CC(C)CNC(=O)C(Cc1ccccc1)N(Cc1ccc(Cl)c(Cl)c1)C(=O)CN(c1cc(Cl)cc(Cl)c1)S(C)(=O)=O. The number of sulfonamides is 1. The number of carbonyl (C=O) groups excluding carboxylic acids is 2. The first-order valence-corrected chi connectivity index (χ1v) is 16.1. The van der Waals surface area contributed by atoms with E-state index >= 15 is 0 Å². The topological polar surface area (TPSA) is 86.8 Å². The molecule has 0 heterocycles. The number of nitrogens with zero attached hydrogens (tertiary/aromatic N) is 2. The third-order valence-corrected chi connectivity index (χ3v) is 8.42. The molecule has 0 saturated carbocycles. The van der Waals surface area contributed by atoms with Gasteiger partial charge in [-0.15, -0.1) is 0 Å². The van der Waals surface area contributed by atoms with Crippen LogP contribution in [0, 0.1) is 5.92 Å². The summed E-state index contributed by atoms with van der Waals surface area (Å²) in [5, 5.41) is 3.96. The van der Waals surface area contributed by atoms with E-state index in [4.69, 9.17) is 46.4 Å². The third-order valence-electron chi connectivity index (χ3n) is 6.11. The van der Waals surface area contributed by atoms with Gasteiger partial charge < -0.3 is 10.2 Å². The van der Waals surface area contributed by atoms with Gasteiger partial charge in [0.05, 0.1) is 22.0 Å². The van der Waals surface area contributed by atoms with Crippen LogP contribution in [0.2, 0.25) is 20.1 Å². The van der Waals surface area contributed by atoms with E-state index in [2.05, 4.69) is 5.32 Å². The molecule has 0 aliphatic rings. The number of nitrogens with one attached hydrogen (secondary N) is 1. The summed E-state index contributed by atoms with van der Waals surface area (Å²) in [6, 6.07) is 17.5. The Morgan fingerprint density at radius 2 is 1.49 bits per heavy atom. The minimum Gasteiger partial charge on any atom is -0.354 e. The highest BCUT2D eigenvalue weighted by molar-refractivity contribution is 7.92. The van der Waals surface area contributed by atoms with Gasteiger partial charge in [0.25, 0.3) is 0 Å². The van der Waals surface area contributed by atoms with Crippen molar-refractivity contribution in [3.63, 3.8) is 0 Å². The van der Waals surface area contributed by atoms with Crippen LogP contribution < -0.4 is 9.62 Å². The maximum atomic E-state index is 14.1. The third kappa shape index (κ3) is 9.79. The molecule has 1 N–H and O–H groups in total. The monoisotopic (exact) mass is 657 g/mol.